The van der Waals surface area contributed by atoms with Crippen molar-refractivity contribution >= 4 is 0 Å². The van der Waals surface area contributed by atoms with Gasteiger partial charge in [-0.1, -0.05) is 13.0 Å². The minimum absolute atomic E-state index is 0.560. The van der Waals surface area contributed by atoms with Gasteiger partial charge in [0.2, 0.25) is 0 Å². The summed E-state index contributed by atoms with van der Waals surface area (Å²) < 4.78 is 0. The van der Waals surface area contributed by atoms with E-state index in [0.29, 0.717) is 6.54 Å². The molecule has 0 aromatic heterocycles. The number of nitriles is 1. The third-order valence-corrected chi connectivity index (χ3v) is 1.72. The molecule has 0 aliphatic rings. The smallest absolute Gasteiger partial charge is 0.0865 e. The molecule has 0 N–H and O–H groups in total. The second kappa shape index (κ2) is 8.29. The van der Waals surface area contributed by atoms with Crippen LogP contribution < -0.4 is 0 Å². The third-order valence-electron chi connectivity index (χ3n) is 1.72. The Kier molecular flexibility index (Phi) is 7.73. The molecule has 0 heterocycles. The molecule has 68 valence electrons. The van der Waals surface area contributed by atoms with Crippen LogP contribution in [0, 0.1) is 11.3 Å². The molecule has 0 spiro atoms. The second-order valence-electron chi connectivity index (χ2n) is 2.87. The Morgan fingerprint density at radius 2 is 2.25 bits per heavy atom. The van der Waals surface area contributed by atoms with Crippen LogP contribution in [0.4, 0.5) is 0 Å². The molecule has 0 unspecified atom stereocenters. The van der Waals surface area contributed by atoms with Crippen molar-refractivity contribution in [2.24, 2.45) is 0 Å². The van der Waals surface area contributed by atoms with Crippen LogP contribution in [-0.4, -0.2) is 24.5 Å². The highest BCUT2D eigenvalue weighted by Gasteiger charge is 2.00. The number of allylic oxidation sites excluding steroid dienone is 1. The van der Waals surface area contributed by atoms with E-state index in [-0.39, 0.29) is 0 Å². The number of hydrogen-bond donors (Lipinski definition) is 0. The van der Waals surface area contributed by atoms with Crippen LogP contribution in [0.3, 0.4) is 0 Å². The standard InChI is InChI=1S/C10H18N2/c1-3-5-6-9-12(8-4-2)10-7-11/h3H,1,4-6,8-10H2,2H3. The fourth-order valence-electron chi connectivity index (χ4n) is 1.15. The highest BCUT2D eigenvalue weighted by molar-refractivity contribution is 4.77. The van der Waals surface area contributed by atoms with E-state index in [1.807, 2.05) is 6.08 Å². The first-order valence-electron chi connectivity index (χ1n) is 4.55. The lowest BCUT2D eigenvalue weighted by Gasteiger charge is -2.16. The van der Waals surface area contributed by atoms with Gasteiger partial charge in [0.25, 0.3) is 0 Å². The van der Waals surface area contributed by atoms with Crippen molar-refractivity contribution in [1.29, 1.82) is 5.26 Å². The van der Waals surface area contributed by atoms with Crippen molar-refractivity contribution in [3.05, 3.63) is 12.7 Å². The van der Waals surface area contributed by atoms with Crippen LogP contribution in [0.2, 0.25) is 0 Å². The minimum Gasteiger partial charge on any atom is -0.291 e. The van der Waals surface area contributed by atoms with E-state index in [1.165, 1.54) is 0 Å². The zero-order chi connectivity index (χ0) is 9.23. The number of rotatable bonds is 7. The summed E-state index contributed by atoms with van der Waals surface area (Å²) in [4.78, 5) is 2.18. The Balaban J connectivity index is 3.49. The van der Waals surface area contributed by atoms with E-state index >= 15 is 0 Å². The van der Waals surface area contributed by atoms with E-state index < -0.39 is 0 Å². The summed E-state index contributed by atoms with van der Waals surface area (Å²) in [5.74, 6) is 0. The predicted molar refractivity (Wildman–Crippen MR) is 51.8 cm³/mol. The van der Waals surface area contributed by atoms with Gasteiger partial charge in [-0.2, -0.15) is 5.26 Å². The van der Waals surface area contributed by atoms with Crippen LogP contribution >= 0.6 is 0 Å². The second-order valence-corrected chi connectivity index (χ2v) is 2.87. The monoisotopic (exact) mass is 166 g/mol. The van der Waals surface area contributed by atoms with Gasteiger partial charge in [-0.15, -0.1) is 6.58 Å². The Labute approximate surface area is 75.5 Å². The largest absolute Gasteiger partial charge is 0.291 e. The fraction of sp³-hybridized carbons (Fsp3) is 0.700. The van der Waals surface area contributed by atoms with Crippen molar-refractivity contribution < 1.29 is 0 Å². The lowest BCUT2D eigenvalue weighted by atomic mass is 10.3. The number of nitrogens with zero attached hydrogens (tertiary/aromatic N) is 2. The quantitative estimate of drug-likeness (QED) is 0.329. The van der Waals surface area contributed by atoms with Crippen molar-refractivity contribution in [2.45, 2.75) is 26.2 Å². The molecule has 0 aliphatic heterocycles. The van der Waals surface area contributed by atoms with Gasteiger partial charge in [0.1, 0.15) is 0 Å². The summed E-state index contributed by atoms with van der Waals surface area (Å²) in [5, 5.41) is 8.51. The molecule has 0 saturated heterocycles. The van der Waals surface area contributed by atoms with Crippen LogP contribution in [0.25, 0.3) is 0 Å². The third kappa shape index (κ3) is 5.94. The molecule has 0 bridgehead atoms. The van der Waals surface area contributed by atoms with Gasteiger partial charge in [0, 0.05) is 0 Å². The van der Waals surface area contributed by atoms with Gasteiger partial charge in [0.05, 0.1) is 12.6 Å². The zero-order valence-electron chi connectivity index (χ0n) is 7.92. The summed E-state index contributed by atoms with van der Waals surface area (Å²) in [6.07, 6.45) is 5.21. The normalized spacial score (nSPS) is 9.75. The molecule has 0 amide bonds. The maximum Gasteiger partial charge on any atom is 0.0865 e. The summed E-state index contributed by atoms with van der Waals surface area (Å²) in [5.41, 5.74) is 0. The first-order valence-corrected chi connectivity index (χ1v) is 4.55. The predicted octanol–water partition coefficient (Wildman–Crippen LogP) is 2.19. The van der Waals surface area contributed by atoms with Crippen molar-refractivity contribution in [1.82, 2.24) is 4.90 Å². The highest BCUT2D eigenvalue weighted by Crippen LogP contribution is 1.96. The van der Waals surface area contributed by atoms with Gasteiger partial charge in [-0.25, -0.2) is 0 Å². The molecule has 0 saturated carbocycles. The molecule has 2 nitrogen and oxygen atoms in total. The van der Waals surface area contributed by atoms with Crippen molar-refractivity contribution in [2.75, 3.05) is 19.6 Å². The topological polar surface area (TPSA) is 27.0 Å². The fourth-order valence-corrected chi connectivity index (χ4v) is 1.15. The molecule has 0 aromatic carbocycles. The van der Waals surface area contributed by atoms with Gasteiger partial charge < -0.3 is 0 Å². The molecular formula is C10H18N2. The summed E-state index contributed by atoms with van der Waals surface area (Å²) in [6, 6.07) is 2.18. The van der Waals surface area contributed by atoms with Crippen LogP contribution in [-0.2, 0) is 0 Å². The van der Waals surface area contributed by atoms with Gasteiger partial charge in [-0.05, 0) is 32.4 Å². The zero-order valence-corrected chi connectivity index (χ0v) is 7.92. The molecule has 0 atom stereocenters. The maximum absolute atomic E-state index is 8.51. The van der Waals surface area contributed by atoms with Gasteiger partial charge in [-0.3, -0.25) is 4.90 Å². The minimum atomic E-state index is 0.560. The van der Waals surface area contributed by atoms with Gasteiger partial charge >= 0.3 is 0 Å². The Hall–Kier alpha value is -0.810. The Morgan fingerprint density at radius 1 is 1.50 bits per heavy atom. The molecule has 0 rings (SSSR count). The van der Waals surface area contributed by atoms with Gasteiger partial charge in [0.15, 0.2) is 0 Å². The molecule has 0 aromatic rings. The van der Waals surface area contributed by atoms with Crippen molar-refractivity contribution in [3.8, 4) is 6.07 Å². The van der Waals surface area contributed by atoms with Crippen LogP contribution in [0.5, 0.6) is 0 Å². The molecule has 12 heavy (non-hydrogen) atoms. The maximum atomic E-state index is 8.51. The lowest BCUT2D eigenvalue weighted by Crippen LogP contribution is -2.25. The molecular weight excluding hydrogens is 148 g/mol. The number of unbranched alkanes of at least 4 members (excludes halogenated alkanes) is 1. The average Bonchev–Trinajstić information content (AvgIpc) is 2.06. The average molecular weight is 166 g/mol. The summed E-state index contributed by atoms with van der Waals surface area (Å²) >= 11 is 0. The summed E-state index contributed by atoms with van der Waals surface area (Å²) in [7, 11) is 0. The molecule has 2 heteroatoms. The highest BCUT2D eigenvalue weighted by atomic mass is 15.1. The summed E-state index contributed by atoms with van der Waals surface area (Å²) in [6.45, 7) is 8.42. The number of hydrogen-bond acceptors (Lipinski definition) is 2. The van der Waals surface area contributed by atoms with E-state index in [4.69, 9.17) is 5.26 Å². The Bertz CT molecular complexity index is 146. The molecule has 0 fully saturated rings. The van der Waals surface area contributed by atoms with Crippen molar-refractivity contribution in [3.63, 3.8) is 0 Å². The van der Waals surface area contributed by atoms with E-state index in [9.17, 15) is 0 Å². The molecule has 0 aliphatic carbocycles. The first-order chi connectivity index (χ1) is 5.85. The van der Waals surface area contributed by atoms with E-state index in [1.54, 1.807) is 0 Å². The van der Waals surface area contributed by atoms with Crippen LogP contribution in [0.15, 0.2) is 12.7 Å². The van der Waals surface area contributed by atoms with E-state index in [2.05, 4.69) is 24.5 Å². The SMILES string of the molecule is C=CCCCN(CC#N)CCC. The van der Waals surface area contributed by atoms with Crippen LogP contribution in [0.1, 0.15) is 26.2 Å². The lowest BCUT2D eigenvalue weighted by molar-refractivity contribution is 0.303. The first kappa shape index (κ1) is 11.2. The molecule has 0 radical (unpaired) electrons. The Morgan fingerprint density at radius 3 is 2.75 bits per heavy atom. The van der Waals surface area contributed by atoms with E-state index in [0.717, 1.165) is 32.4 Å².